The average molecular weight is 391 g/mol. The third-order valence-electron chi connectivity index (χ3n) is 5.89. The maximum Gasteiger partial charge on any atom is 0.222 e. The van der Waals surface area contributed by atoms with Crippen molar-refractivity contribution in [2.24, 2.45) is 0 Å². The van der Waals surface area contributed by atoms with Crippen molar-refractivity contribution >= 4 is 29.1 Å². The summed E-state index contributed by atoms with van der Waals surface area (Å²) in [6.45, 7) is -0.156. The van der Waals surface area contributed by atoms with Crippen LogP contribution >= 0.6 is 11.6 Å². The number of nitrogens with two attached hydrogens (primary N) is 1. The highest BCUT2D eigenvalue weighted by Gasteiger charge is 2.45. The van der Waals surface area contributed by atoms with Gasteiger partial charge in [-0.25, -0.2) is 4.98 Å². The molecule has 2 aliphatic rings. The van der Waals surface area contributed by atoms with Crippen LogP contribution in [0.1, 0.15) is 36.8 Å². The summed E-state index contributed by atoms with van der Waals surface area (Å²) in [6.07, 6.45) is 4.85. The zero-order valence-electron chi connectivity index (χ0n) is 14.9. The monoisotopic (exact) mass is 390 g/mol. The number of nitrogens with zero attached hydrogens (tertiary/aromatic N) is 3. The Balaban J connectivity index is 1.88. The molecule has 5 N–H and O–H groups in total. The van der Waals surface area contributed by atoms with Crippen LogP contribution in [0.3, 0.4) is 0 Å². The highest BCUT2D eigenvalue weighted by molar-refractivity contribution is 6.33. The molecule has 4 rings (SSSR count). The molecule has 0 radical (unpaired) electrons. The van der Waals surface area contributed by atoms with E-state index in [4.69, 9.17) is 17.3 Å². The van der Waals surface area contributed by atoms with Gasteiger partial charge in [0, 0.05) is 12.2 Å². The number of hydrogen-bond acceptors (Lipinski definition) is 7. The summed E-state index contributed by atoms with van der Waals surface area (Å²) in [7, 11) is 0. The number of aliphatic hydroxyl groups is 3. The second-order valence-electron chi connectivity index (χ2n) is 7.55. The van der Waals surface area contributed by atoms with Gasteiger partial charge in [0.05, 0.1) is 30.4 Å². The summed E-state index contributed by atoms with van der Waals surface area (Å²) < 4.78 is 0. The number of hydrogen-bond donors (Lipinski definition) is 4. The Morgan fingerprint density at radius 2 is 1.89 bits per heavy atom. The molecule has 1 saturated carbocycles. The number of halogens is 1. The van der Waals surface area contributed by atoms with Crippen molar-refractivity contribution in [3.8, 4) is 0 Å². The zero-order valence-corrected chi connectivity index (χ0v) is 15.7. The molecule has 0 atom stereocenters. The first-order valence-electron chi connectivity index (χ1n) is 9.07. The molecule has 0 unspecified atom stereocenters. The average Bonchev–Trinajstić information content (AvgIpc) is 3.26. The number of aromatic nitrogens is 2. The molecular weight excluding hydrogens is 368 g/mol. The third kappa shape index (κ3) is 2.86. The molecule has 0 amide bonds. The minimum atomic E-state index is -0.852. The zero-order chi connectivity index (χ0) is 19.2. The number of rotatable bonds is 4. The summed E-state index contributed by atoms with van der Waals surface area (Å²) in [4.78, 5) is 10.0. The van der Waals surface area contributed by atoms with Gasteiger partial charge in [-0.15, -0.1) is 0 Å². The summed E-state index contributed by atoms with van der Waals surface area (Å²) in [6, 6.07) is 5.69. The van der Waals surface area contributed by atoms with Crippen molar-refractivity contribution in [3.63, 3.8) is 0 Å². The van der Waals surface area contributed by atoms with E-state index in [1.165, 1.54) is 6.20 Å². The van der Waals surface area contributed by atoms with E-state index >= 15 is 0 Å². The Hall–Kier alpha value is -1.93. The van der Waals surface area contributed by atoms with E-state index in [1.54, 1.807) is 0 Å². The first kappa shape index (κ1) is 18.4. The van der Waals surface area contributed by atoms with Gasteiger partial charge >= 0.3 is 0 Å². The smallest absolute Gasteiger partial charge is 0.222 e. The number of anilines is 3. The Bertz CT molecular complexity index is 866. The van der Waals surface area contributed by atoms with E-state index in [1.807, 2.05) is 23.1 Å². The Labute approximate surface area is 162 Å². The van der Waals surface area contributed by atoms with E-state index in [-0.39, 0.29) is 19.2 Å². The molecule has 1 aliphatic heterocycles. The van der Waals surface area contributed by atoms with E-state index in [0.29, 0.717) is 17.4 Å². The molecule has 7 nitrogen and oxygen atoms in total. The molecular formula is C19H23ClN4O3. The normalized spacial score (nSPS) is 20.1. The van der Waals surface area contributed by atoms with E-state index in [9.17, 15) is 15.3 Å². The Morgan fingerprint density at radius 3 is 2.56 bits per heavy atom. The van der Waals surface area contributed by atoms with E-state index in [0.717, 1.165) is 42.5 Å². The van der Waals surface area contributed by atoms with Crippen molar-refractivity contribution < 1.29 is 15.3 Å². The van der Waals surface area contributed by atoms with Crippen molar-refractivity contribution in [1.82, 2.24) is 9.97 Å². The molecule has 0 saturated heterocycles. The SMILES string of the molecule is Nc1ncc(Cl)c(N2CC(CO)(CO)c3ccc(C4(O)CCCC4)cc32)n1. The van der Waals surface area contributed by atoms with Crippen LogP contribution in [0.2, 0.25) is 5.02 Å². The van der Waals surface area contributed by atoms with Crippen molar-refractivity contribution in [1.29, 1.82) is 0 Å². The van der Waals surface area contributed by atoms with Crippen LogP contribution in [0.5, 0.6) is 0 Å². The predicted molar refractivity (Wildman–Crippen MR) is 103 cm³/mol. The van der Waals surface area contributed by atoms with Crippen LogP contribution in [0.15, 0.2) is 24.4 Å². The van der Waals surface area contributed by atoms with Crippen LogP contribution in [0.25, 0.3) is 0 Å². The third-order valence-corrected chi connectivity index (χ3v) is 6.16. The van der Waals surface area contributed by atoms with Gasteiger partial charge in [-0.2, -0.15) is 4.98 Å². The molecule has 1 fully saturated rings. The summed E-state index contributed by atoms with van der Waals surface area (Å²) in [5, 5.41) is 31.4. The molecule has 2 heterocycles. The van der Waals surface area contributed by atoms with Gasteiger partial charge in [0.2, 0.25) is 5.95 Å². The topological polar surface area (TPSA) is 116 Å². The van der Waals surface area contributed by atoms with Gasteiger partial charge in [0.25, 0.3) is 0 Å². The lowest BCUT2D eigenvalue weighted by Crippen LogP contribution is -2.39. The molecule has 8 heteroatoms. The first-order chi connectivity index (χ1) is 12.9. The second-order valence-corrected chi connectivity index (χ2v) is 7.96. The van der Waals surface area contributed by atoms with Crippen LogP contribution in [0.4, 0.5) is 17.5 Å². The molecule has 1 aliphatic carbocycles. The maximum absolute atomic E-state index is 11.0. The Kier molecular flexibility index (Phi) is 4.50. The highest BCUT2D eigenvalue weighted by atomic mass is 35.5. The maximum atomic E-state index is 11.0. The van der Waals surface area contributed by atoms with Crippen LogP contribution in [0, 0.1) is 0 Å². The van der Waals surface area contributed by atoms with Crippen molar-refractivity contribution in [2.45, 2.75) is 36.7 Å². The van der Waals surface area contributed by atoms with Crippen molar-refractivity contribution in [2.75, 3.05) is 30.4 Å². The number of aliphatic hydroxyl groups excluding tert-OH is 2. The van der Waals surface area contributed by atoms with Gasteiger partial charge in [-0.1, -0.05) is 36.6 Å². The molecule has 1 aromatic heterocycles. The van der Waals surface area contributed by atoms with Crippen LogP contribution in [-0.4, -0.2) is 45.0 Å². The molecule has 0 bridgehead atoms. The predicted octanol–water partition coefficient (Wildman–Crippen LogP) is 1.85. The van der Waals surface area contributed by atoms with Gasteiger partial charge < -0.3 is 26.0 Å². The second kappa shape index (κ2) is 6.60. The summed E-state index contributed by atoms with van der Waals surface area (Å²) in [5.74, 6) is 0.511. The lowest BCUT2D eigenvalue weighted by molar-refractivity contribution is 0.0445. The standard InChI is InChI=1S/C19H23ClN4O3/c20-14-8-22-17(21)23-16(14)24-9-18(10-25,11-26)13-4-3-12(7-15(13)24)19(27)5-1-2-6-19/h3-4,7-8,25-27H,1-2,5-6,9-11H2,(H2,21,22,23). The molecule has 144 valence electrons. The van der Waals surface area contributed by atoms with Crippen LogP contribution in [-0.2, 0) is 11.0 Å². The van der Waals surface area contributed by atoms with E-state index < -0.39 is 11.0 Å². The van der Waals surface area contributed by atoms with Gasteiger partial charge in [0.15, 0.2) is 5.82 Å². The lowest BCUT2D eigenvalue weighted by Gasteiger charge is -2.26. The van der Waals surface area contributed by atoms with Crippen molar-refractivity contribution in [3.05, 3.63) is 40.5 Å². The molecule has 2 aromatic rings. The molecule has 1 aromatic carbocycles. The number of nitrogen functional groups attached to an aromatic ring is 1. The molecule has 27 heavy (non-hydrogen) atoms. The fourth-order valence-corrected chi connectivity index (χ4v) is 4.48. The minimum absolute atomic E-state index is 0.0898. The Morgan fingerprint density at radius 1 is 1.19 bits per heavy atom. The first-order valence-corrected chi connectivity index (χ1v) is 9.45. The summed E-state index contributed by atoms with van der Waals surface area (Å²) in [5.41, 5.74) is 6.44. The molecule has 0 spiro atoms. The fraction of sp³-hybridized carbons (Fsp3) is 0.474. The van der Waals surface area contributed by atoms with Gasteiger partial charge in [0.1, 0.15) is 5.02 Å². The lowest BCUT2D eigenvalue weighted by atomic mass is 9.82. The van der Waals surface area contributed by atoms with Crippen LogP contribution < -0.4 is 10.6 Å². The largest absolute Gasteiger partial charge is 0.395 e. The highest BCUT2D eigenvalue weighted by Crippen LogP contribution is 2.48. The fourth-order valence-electron chi connectivity index (χ4n) is 4.28. The number of benzene rings is 1. The minimum Gasteiger partial charge on any atom is -0.395 e. The van der Waals surface area contributed by atoms with E-state index in [2.05, 4.69) is 9.97 Å². The van der Waals surface area contributed by atoms with Gasteiger partial charge in [-0.3, -0.25) is 0 Å². The number of fused-ring (bicyclic) bond motifs is 1. The van der Waals surface area contributed by atoms with Gasteiger partial charge in [-0.05, 0) is 30.0 Å². The quantitative estimate of drug-likeness (QED) is 0.629. The summed E-state index contributed by atoms with van der Waals surface area (Å²) >= 11 is 6.32.